The molecule has 0 saturated carbocycles. The van der Waals surface area contributed by atoms with Crippen LogP contribution in [0.1, 0.15) is 20.3 Å². The van der Waals surface area contributed by atoms with Gasteiger partial charge in [0.2, 0.25) is 5.91 Å². The van der Waals surface area contributed by atoms with Crippen LogP contribution in [-0.4, -0.2) is 67.2 Å². The van der Waals surface area contributed by atoms with E-state index in [-0.39, 0.29) is 24.5 Å². The van der Waals surface area contributed by atoms with Gasteiger partial charge in [-0.25, -0.2) is 4.79 Å². The summed E-state index contributed by atoms with van der Waals surface area (Å²) in [5.41, 5.74) is 0.796. The molecule has 0 aliphatic carbocycles. The van der Waals surface area contributed by atoms with Crippen molar-refractivity contribution in [2.75, 3.05) is 44.2 Å². The van der Waals surface area contributed by atoms with Gasteiger partial charge in [-0.3, -0.25) is 9.69 Å². The van der Waals surface area contributed by atoms with Crippen LogP contribution in [0.15, 0.2) is 30.3 Å². The van der Waals surface area contributed by atoms with E-state index in [1.165, 1.54) is 0 Å². The Balaban J connectivity index is 2.00. The largest absolute Gasteiger partial charge is 0.450 e. The van der Waals surface area contributed by atoms with Gasteiger partial charge in [0.15, 0.2) is 0 Å². The molecule has 1 unspecified atom stereocenters. The Morgan fingerprint density at radius 2 is 1.88 bits per heavy atom. The summed E-state index contributed by atoms with van der Waals surface area (Å²) in [6.07, 6.45) is -0.0182. The third-order valence-electron chi connectivity index (χ3n) is 4.53. The smallest absolute Gasteiger partial charge is 0.409 e. The molecule has 1 heterocycles. The SMILES string of the molecule is CCOC(=O)N1CCN(C(C)C(=O)N(CCC#N)c2ccccc2)CC1. The van der Waals surface area contributed by atoms with E-state index in [1.807, 2.05) is 37.3 Å². The lowest BCUT2D eigenvalue weighted by Gasteiger charge is -2.38. The Morgan fingerprint density at radius 1 is 1.23 bits per heavy atom. The number of anilines is 1. The summed E-state index contributed by atoms with van der Waals surface area (Å²) in [6, 6.07) is 11.2. The zero-order valence-corrected chi connectivity index (χ0v) is 15.4. The number of para-hydroxylation sites is 1. The molecule has 140 valence electrons. The first-order chi connectivity index (χ1) is 12.6. The Labute approximate surface area is 154 Å². The molecule has 2 rings (SSSR count). The third-order valence-corrected chi connectivity index (χ3v) is 4.53. The summed E-state index contributed by atoms with van der Waals surface area (Å²) < 4.78 is 5.03. The molecule has 1 aromatic rings. The van der Waals surface area contributed by atoms with Crippen LogP contribution in [-0.2, 0) is 9.53 Å². The van der Waals surface area contributed by atoms with Gasteiger partial charge < -0.3 is 14.5 Å². The predicted molar refractivity (Wildman–Crippen MR) is 98.7 cm³/mol. The number of nitriles is 1. The third kappa shape index (κ3) is 4.96. The fourth-order valence-corrected chi connectivity index (χ4v) is 3.02. The first-order valence-electron chi connectivity index (χ1n) is 8.97. The molecular weight excluding hydrogens is 332 g/mol. The zero-order chi connectivity index (χ0) is 18.9. The van der Waals surface area contributed by atoms with Crippen molar-refractivity contribution in [2.45, 2.75) is 26.3 Å². The first-order valence-corrected chi connectivity index (χ1v) is 8.97. The fourth-order valence-electron chi connectivity index (χ4n) is 3.02. The van der Waals surface area contributed by atoms with Crippen molar-refractivity contribution in [3.05, 3.63) is 30.3 Å². The average Bonchev–Trinajstić information content (AvgIpc) is 2.68. The maximum atomic E-state index is 13.0. The van der Waals surface area contributed by atoms with Gasteiger partial charge in [-0.2, -0.15) is 5.26 Å². The van der Waals surface area contributed by atoms with Crippen molar-refractivity contribution in [1.29, 1.82) is 5.26 Å². The number of carbonyl (C=O) groups is 2. The predicted octanol–water partition coefficient (Wildman–Crippen LogP) is 2.10. The van der Waals surface area contributed by atoms with Gasteiger partial charge in [-0.05, 0) is 26.0 Å². The standard InChI is InChI=1S/C19H26N4O3/c1-3-26-19(25)22-14-12-21(13-15-22)16(2)18(24)23(11-7-10-20)17-8-5-4-6-9-17/h4-6,8-9,16H,3,7,11-15H2,1-2H3. The molecule has 0 aromatic heterocycles. The number of nitrogens with zero attached hydrogens (tertiary/aromatic N) is 4. The normalized spacial score (nSPS) is 15.8. The minimum Gasteiger partial charge on any atom is -0.450 e. The Hall–Kier alpha value is -2.59. The summed E-state index contributed by atoms with van der Waals surface area (Å²) in [7, 11) is 0. The van der Waals surface area contributed by atoms with E-state index in [9.17, 15) is 9.59 Å². The lowest BCUT2D eigenvalue weighted by Crippen LogP contribution is -2.55. The molecule has 1 saturated heterocycles. The Morgan fingerprint density at radius 3 is 2.46 bits per heavy atom. The maximum absolute atomic E-state index is 13.0. The molecule has 1 aromatic carbocycles. The van der Waals surface area contributed by atoms with Gasteiger partial charge in [0.25, 0.3) is 0 Å². The summed E-state index contributed by atoms with van der Waals surface area (Å²) in [5, 5.41) is 8.91. The van der Waals surface area contributed by atoms with Crippen molar-refractivity contribution in [3.8, 4) is 6.07 Å². The van der Waals surface area contributed by atoms with E-state index in [1.54, 1.807) is 16.7 Å². The second-order valence-corrected chi connectivity index (χ2v) is 6.13. The number of piperazine rings is 1. The zero-order valence-electron chi connectivity index (χ0n) is 15.4. The molecule has 1 aliphatic heterocycles. The van der Waals surface area contributed by atoms with E-state index in [4.69, 9.17) is 10.00 Å². The van der Waals surface area contributed by atoms with Crippen LogP contribution in [0.2, 0.25) is 0 Å². The lowest BCUT2D eigenvalue weighted by atomic mass is 10.1. The first kappa shape index (κ1) is 19.7. The van der Waals surface area contributed by atoms with Gasteiger partial charge in [0.05, 0.1) is 25.1 Å². The van der Waals surface area contributed by atoms with E-state index in [2.05, 4.69) is 11.0 Å². The highest BCUT2D eigenvalue weighted by Gasteiger charge is 2.30. The molecule has 1 fully saturated rings. The summed E-state index contributed by atoms with van der Waals surface area (Å²) >= 11 is 0. The van der Waals surface area contributed by atoms with Crippen LogP contribution in [0.25, 0.3) is 0 Å². The van der Waals surface area contributed by atoms with Crippen molar-refractivity contribution in [2.24, 2.45) is 0 Å². The van der Waals surface area contributed by atoms with Crippen LogP contribution >= 0.6 is 0 Å². The molecule has 7 nitrogen and oxygen atoms in total. The second-order valence-electron chi connectivity index (χ2n) is 6.13. The van der Waals surface area contributed by atoms with Gasteiger partial charge in [0.1, 0.15) is 0 Å². The quantitative estimate of drug-likeness (QED) is 0.778. The van der Waals surface area contributed by atoms with Gasteiger partial charge in [0, 0.05) is 38.4 Å². The highest BCUT2D eigenvalue weighted by Crippen LogP contribution is 2.18. The number of carbonyl (C=O) groups excluding carboxylic acids is 2. The van der Waals surface area contributed by atoms with Gasteiger partial charge >= 0.3 is 6.09 Å². The monoisotopic (exact) mass is 358 g/mol. The van der Waals surface area contributed by atoms with Crippen LogP contribution < -0.4 is 4.90 Å². The molecule has 0 radical (unpaired) electrons. The van der Waals surface area contributed by atoms with Crippen molar-refractivity contribution < 1.29 is 14.3 Å². The van der Waals surface area contributed by atoms with E-state index in [0.29, 0.717) is 39.3 Å². The van der Waals surface area contributed by atoms with Crippen LogP contribution in [0.4, 0.5) is 10.5 Å². The summed E-state index contributed by atoms with van der Waals surface area (Å²) in [5.74, 6) is -0.0314. The number of benzene rings is 1. The molecule has 7 heteroatoms. The lowest BCUT2D eigenvalue weighted by molar-refractivity contribution is -0.123. The molecular formula is C19H26N4O3. The second kappa shape index (κ2) is 9.78. The van der Waals surface area contributed by atoms with Crippen molar-refractivity contribution in [3.63, 3.8) is 0 Å². The van der Waals surface area contributed by atoms with E-state index >= 15 is 0 Å². The van der Waals surface area contributed by atoms with Crippen LogP contribution in [0.5, 0.6) is 0 Å². The Bertz CT molecular complexity index is 636. The van der Waals surface area contributed by atoms with E-state index < -0.39 is 0 Å². The molecule has 1 aliphatic rings. The minimum absolute atomic E-state index is 0.0314. The number of rotatable bonds is 6. The molecule has 2 amide bonds. The molecule has 0 spiro atoms. The highest BCUT2D eigenvalue weighted by atomic mass is 16.6. The average molecular weight is 358 g/mol. The fraction of sp³-hybridized carbons (Fsp3) is 0.526. The summed E-state index contributed by atoms with van der Waals surface area (Å²) in [4.78, 5) is 30.2. The maximum Gasteiger partial charge on any atom is 0.409 e. The molecule has 0 bridgehead atoms. The summed E-state index contributed by atoms with van der Waals surface area (Å²) in [6.45, 7) is 6.71. The molecule has 1 atom stereocenters. The number of hydrogen-bond acceptors (Lipinski definition) is 5. The highest BCUT2D eigenvalue weighted by molar-refractivity contribution is 5.97. The van der Waals surface area contributed by atoms with Crippen LogP contribution in [0.3, 0.4) is 0 Å². The molecule has 26 heavy (non-hydrogen) atoms. The van der Waals surface area contributed by atoms with Crippen LogP contribution in [0, 0.1) is 11.3 Å². The number of hydrogen-bond donors (Lipinski definition) is 0. The minimum atomic E-state index is -0.321. The Kier molecular flexibility index (Phi) is 7.42. The van der Waals surface area contributed by atoms with Crippen molar-refractivity contribution in [1.82, 2.24) is 9.80 Å². The molecule has 0 N–H and O–H groups in total. The number of amides is 2. The number of ether oxygens (including phenoxy) is 1. The van der Waals surface area contributed by atoms with Gasteiger partial charge in [-0.1, -0.05) is 18.2 Å². The van der Waals surface area contributed by atoms with E-state index in [0.717, 1.165) is 5.69 Å². The topological polar surface area (TPSA) is 76.9 Å². The van der Waals surface area contributed by atoms with Gasteiger partial charge in [-0.15, -0.1) is 0 Å². The van der Waals surface area contributed by atoms with Crippen molar-refractivity contribution >= 4 is 17.7 Å².